The summed E-state index contributed by atoms with van der Waals surface area (Å²) in [7, 11) is 0. The molecule has 0 aliphatic heterocycles. The highest BCUT2D eigenvalue weighted by Crippen LogP contribution is 2.30. The van der Waals surface area contributed by atoms with Crippen molar-refractivity contribution in [2.75, 3.05) is 6.54 Å². The zero-order valence-corrected chi connectivity index (χ0v) is 14.0. The SMILES string of the molecule is CC1CCC(CCNC(=O)c2ccc(I)c(O)c2)CC1. The van der Waals surface area contributed by atoms with E-state index in [1.807, 2.05) is 22.6 Å². The maximum atomic E-state index is 12.0. The molecule has 2 N–H and O–H groups in total. The van der Waals surface area contributed by atoms with Gasteiger partial charge in [-0.3, -0.25) is 4.79 Å². The van der Waals surface area contributed by atoms with Crippen molar-refractivity contribution in [1.29, 1.82) is 0 Å². The van der Waals surface area contributed by atoms with E-state index in [0.29, 0.717) is 5.56 Å². The Kier molecular flexibility index (Phi) is 5.69. The number of benzene rings is 1. The summed E-state index contributed by atoms with van der Waals surface area (Å²) >= 11 is 2.04. The van der Waals surface area contributed by atoms with Crippen molar-refractivity contribution in [3.8, 4) is 5.75 Å². The van der Waals surface area contributed by atoms with Gasteiger partial charge in [0.25, 0.3) is 5.91 Å². The zero-order chi connectivity index (χ0) is 14.5. The third-order valence-electron chi connectivity index (χ3n) is 4.18. The Morgan fingerprint density at radius 2 is 2.05 bits per heavy atom. The van der Waals surface area contributed by atoms with Gasteiger partial charge in [-0.2, -0.15) is 0 Å². The lowest BCUT2D eigenvalue weighted by molar-refractivity contribution is 0.0949. The third-order valence-corrected chi connectivity index (χ3v) is 5.09. The molecule has 0 atom stereocenters. The Hall–Kier alpha value is -0.780. The molecular weight excluding hydrogens is 365 g/mol. The van der Waals surface area contributed by atoms with Crippen LogP contribution in [0.5, 0.6) is 5.75 Å². The number of aromatic hydroxyl groups is 1. The molecule has 0 unspecified atom stereocenters. The fraction of sp³-hybridized carbons (Fsp3) is 0.562. The quantitative estimate of drug-likeness (QED) is 0.769. The first kappa shape index (κ1) is 15.6. The van der Waals surface area contributed by atoms with Crippen molar-refractivity contribution < 1.29 is 9.90 Å². The molecule has 110 valence electrons. The predicted molar refractivity (Wildman–Crippen MR) is 88.9 cm³/mol. The second kappa shape index (κ2) is 7.29. The molecule has 1 aromatic carbocycles. The highest BCUT2D eigenvalue weighted by atomic mass is 127. The summed E-state index contributed by atoms with van der Waals surface area (Å²) < 4.78 is 0.760. The molecule has 0 heterocycles. The van der Waals surface area contributed by atoms with Crippen LogP contribution in [0.15, 0.2) is 18.2 Å². The highest BCUT2D eigenvalue weighted by Gasteiger charge is 2.18. The molecule has 4 heteroatoms. The Morgan fingerprint density at radius 1 is 1.35 bits per heavy atom. The number of hydrogen-bond acceptors (Lipinski definition) is 2. The summed E-state index contributed by atoms with van der Waals surface area (Å²) in [4.78, 5) is 12.0. The minimum Gasteiger partial charge on any atom is -0.507 e. The van der Waals surface area contributed by atoms with Gasteiger partial charge < -0.3 is 10.4 Å². The molecular formula is C16H22INO2. The lowest BCUT2D eigenvalue weighted by atomic mass is 9.81. The maximum Gasteiger partial charge on any atom is 0.251 e. The van der Waals surface area contributed by atoms with Gasteiger partial charge in [-0.25, -0.2) is 0 Å². The number of halogens is 1. The van der Waals surface area contributed by atoms with E-state index in [9.17, 15) is 9.90 Å². The maximum absolute atomic E-state index is 12.0. The molecule has 0 bridgehead atoms. The first-order valence-corrected chi connectivity index (χ1v) is 8.41. The van der Waals surface area contributed by atoms with Crippen LogP contribution in [0.1, 0.15) is 49.4 Å². The molecule has 2 rings (SSSR count). The van der Waals surface area contributed by atoms with Crippen molar-refractivity contribution >= 4 is 28.5 Å². The van der Waals surface area contributed by atoms with Crippen molar-refractivity contribution in [2.45, 2.75) is 39.0 Å². The van der Waals surface area contributed by atoms with Gasteiger partial charge >= 0.3 is 0 Å². The average Bonchev–Trinajstić information content (AvgIpc) is 2.44. The summed E-state index contributed by atoms with van der Waals surface area (Å²) in [6.45, 7) is 3.05. The monoisotopic (exact) mass is 387 g/mol. The fourth-order valence-corrected chi connectivity index (χ4v) is 3.10. The first-order chi connectivity index (χ1) is 9.56. The number of nitrogens with one attached hydrogen (secondary N) is 1. The second-order valence-corrected chi connectivity index (χ2v) is 7.00. The summed E-state index contributed by atoms with van der Waals surface area (Å²) in [5.74, 6) is 1.70. The van der Waals surface area contributed by atoms with Crippen LogP contribution in [0.4, 0.5) is 0 Å². The van der Waals surface area contributed by atoms with Crippen molar-refractivity contribution in [3.63, 3.8) is 0 Å². The van der Waals surface area contributed by atoms with Gasteiger partial charge in [0.05, 0.1) is 3.57 Å². The van der Waals surface area contributed by atoms with Gasteiger partial charge in [0, 0.05) is 12.1 Å². The third kappa shape index (κ3) is 4.36. The van der Waals surface area contributed by atoms with Gasteiger partial charge in [-0.05, 0) is 59.0 Å². The largest absolute Gasteiger partial charge is 0.507 e. The number of amides is 1. The van der Waals surface area contributed by atoms with Gasteiger partial charge in [0.15, 0.2) is 0 Å². The van der Waals surface area contributed by atoms with Crippen LogP contribution in [0, 0.1) is 15.4 Å². The molecule has 0 radical (unpaired) electrons. The zero-order valence-electron chi connectivity index (χ0n) is 11.9. The van der Waals surface area contributed by atoms with Crippen LogP contribution in [0.2, 0.25) is 0 Å². The molecule has 1 aromatic rings. The van der Waals surface area contributed by atoms with Gasteiger partial charge in [0.1, 0.15) is 5.75 Å². The van der Waals surface area contributed by atoms with E-state index in [2.05, 4.69) is 12.2 Å². The first-order valence-electron chi connectivity index (χ1n) is 7.33. The van der Waals surface area contributed by atoms with Crippen LogP contribution in [-0.4, -0.2) is 17.6 Å². The smallest absolute Gasteiger partial charge is 0.251 e. The minimum absolute atomic E-state index is 0.0964. The Bertz CT molecular complexity index is 468. The highest BCUT2D eigenvalue weighted by molar-refractivity contribution is 14.1. The molecule has 0 aromatic heterocycles. The van der Waals surface area contributed by atoms with Crippen LogP contribution in [0.3, 0.4) is 0 Å². The van der Waals surface area contributed by atoms with Crippen LogP contribution in [-0.2, 0) is 0 Å². The minimum atomic E-state index is -0.0964. The van der Waals surface area contributed by atoms with Crippen molar-refractivity contribution in [1.82, 2.24) is 5.32 Å². The normalized spacial score (nSPS) is 22.5. The molecule has 20 heavy (non-hydrogen) atoms. The van der Waals surface area contributed by atoms with Crippen LogP contribution >= 0.6 is 22.6 Å². The number of phenols is 1. The Balaban J connectivity index is 1.76. The van der Waals surface area contributed by atoms with E-state index >= 15 is 0 Å². The standard InChI is InChI=1S/C16H22INO2/c1-11-2-4-12(5-3-11)8-9-18-16(20)13-6-7-14(17)15(19)10-13/h6-7,10-12,19H,2-5,8-9H2,1H3,(H,18,20). The number of rotatable bonds is 4. The van der Waals surface area contributed by atoms with E-state index < -0.39 is 0 Å². The second-order valence-electron chi connectivity index (χ2n) is 5.84. The predicted octanol–water partition coefficient (Wildman–Crippen LogP) is 3.94. The molecule has 0 saturated heterocycles. The number of carbonyl (C=O) groups excluding carboxylic acids is 1. The fourth-order valence-electron chi connectivity index (χ4n) is 2.76. The molecule has 3 nitrogen and oxygen atoms in total. The van der Waals surface area contributed by atoms with Crippen molar-refractivity contribution in [3.05, 3.63) is 27.3 Å². The summed E-state index contributed by atoms with van der Waals surface area (Å²) in [5.41, 5.74) is 0.528. The molecule has 1 aliphatic rings. The molecule has 1 fully saturated rings. The number of phenolic OH excluding ortho intramolecular Hbond substituents is 1. The van der Waals surface area contributed by atoms with Gasteiger partial charge in [0.2, 0.25) is 0 Å². The average molecular weight is 387 g/mol. The summed E-state index contributed by atoms with van der Waals surface area (Å²) in [6.07, 6.45) is 6.30. The molecule has 0 spiro atoms. The number of hydrogen-bond donors (Lipinski definition) is 2. The van der Waals surface area contributed by atoms with Crippen LogP contribution in [0.25, 0.3) is 0 Å². The topological polar surface area (TPSA) is 49.3 Å². The Labute approximate surface area is 134 Å². The summed E-state index contributed by atoms with van der Waals surface area (Å²) in [5, 5.41) is 12.6. The van der Waals surface area contributed by atoms with Crippen LogP contribution < -0.4 is 5.32 Å². The summed E-state index contributed by atoms with van der Waals surface area (Å²) in [6, 6.07) is 5.03. The molecule has 1 aliphatic carbocycles. The van der Waals surface area contributed by atoms with Crippen molar-refractivity contribution in [2.24, 2.45) is 11.8 Å². The van der Waals surface area contributed by atoms with E-state index in [-0.39, 0.29) is 11.7 Å². The Morgan fingerprint density at radius 3 is 2.70 bits per heavy atom. The van der Waals surface area contributed by atoms with E-state index in [1.165, 1.54) is 31.7 Å². The van der Waals surface area contributed by atoms with Gasteiger partial charge in [-0.15, -0.1) is 0 Å². The molecule has 1 saturated carbocycles. The molecule has 1 amide bonds. The lowest BCUT2D eigenvalue weighted by Crippen LogP contribution is -2.26. The van der Waals surface area contributed by atoms with E-state index in [1.54, 1.807) is 12.1 Å². The van der Waals surface area contributed by atoms with E-state index in [0.717, 1.165) is 28.4 Å². The number of carbonyl (C=O) groups is 1. The van der Waals surface area contributed by atoms with E-state index in [4.69, 9.17) is 0 Å². The lowest BCUT2D eigenvalue weighted by Gasteiger charge is -2.26. The van der Waals surface area contributed by atoms with Gasteiger partial charge in [-0.1, -0.05) is 32.6 Å².